The summed E-state index contributed by atoms with van der Waals surface area (Å²) in [5, 5.41) is 8.66. The number of fused-ring (bicyclic) bond motifs is 1. The maximum atomic E-state index is 12.0. The number of Topliss-reactive ketones (excluding diaryl/α,β-unsaturated/α-hetero) is 1. The molecule has 0 aliphatic carbocycles. The molecule has 0 atom stereocenters. The fourth-order valence-corrected chi connectivity index (χ4v) is 2.97. The smallest absolute Gasteiger partial charge is 0.303 e. The van der Waals surface area contributed by atoms with Crippen molar-refractivity contribution >= 4 is 17.4 Å². The Labute approximate surface area is 132 Å². The van der Waals surface area contributed by atoms with Crippen LogP contribution in [0.25, 0.3) is 0 Å². The maximum absolute atomic E-state index is 12.0. The number of anilines is 1. The van der Waals surface area contributed by atoms with E-state index in [1.807, 2.05) is 18.2 Å². The highest BCUT2D eigenvalue weighted by atomic mass is 16.4. The molecule has 0 bridgehead atoms. The molecule has 2 rings (SSSR count). The van der Waals surface area contributed by atoms with Crippen molar-refractivity contribution in [2.24, 2.45) is 0 Å². The third kappa shape index (κ3) is 4.33. The van der Waals surface area contributed by atoms with E-state index in [0.717, 1.165) is 19.5 Å². The van der Waals surface area contributed by atoms with Crippen molar-refractivity contribution in [3.05, 3.63) is 29.3 Å². The van der Waals surface area contributed by atoms with Gasteiger partial charge in [0.25, 0.3) is 0 Å². The average molecular weight is 303 g/mol. The lowest BCUT2D eigenvalue weighted by Crippen LogP contribution is -2.21. The van der Waals surface area contributed by atoms with E-state index in [9.17, 15) is 9.59 Å². The second-order valence-corrected chi connectivity index (χ2v) is 5.96. The number of benzene rings is 1. The molecule has 0 amide bonds. The summed E-state index contributed by atoms with van der Waals surface area (Å²) in [6.07, 6.45) is 5.98. The molecule has 0 fully saturated rings. The van der Waals surface area contributed by atoms with Gasteiger partial charge in [0.15, 0.2) is 5.78 Å². The number of hydrogen-bond acceptors (Lipinski definition) is 3. The monoisotopic (exact) mass is 303 g/mol. The molecular weight excluding hydrogens is 278 g/mol. The molecule has 1 aromatic rings. The molecule has 4 heteroatoms. The summed E-state index contributed by atoms with van der Waals surface area (Å²) in [7, 11) is 0. The minimum absolute atomic E-state index is 0.0772. The Morgan fingerprint density at radius 1 is 1.18 bits per heavy atom. The molecule has 1 aliphatic heterocycles. The minimum atomic E-state index is -0.923. The number of carboxylic acid groups (broad SMARTS) is 1. The zero-order chi connectivity index (χ0) is 15.9. The van der Waals surface area contributed by atoms with Crippen LogP contribution in [0.1, 0.15) is 61.4 Å². The third-order valence-electron chi connectivity index (χ3n) is 4.24. The Morgan fingerprint density at radius 3 is 2.73 bits per heavy atom. The molecule has 0 saturated heterocycles. The van der Waals surface area contributed by atoms with Crippen LogP contribution in [0.5, 0.6) is 0 Å². The SMILES string of the molecule is CCCCCCN1CCc2cc(C(=O)CCC(=O)O)ccc21. The zero-order valence-electron chi connectivity index (χ0n) is 13.3. The fraction of sp³-hybridized carbons (Fsp3) is 0.556. The van der Waals surface area contributed by atoms with Crippen LogP contribution < -0.4 is 4.90 Å². The van der Waals surface area contributed by atoms with Gasteiger partial charge in [0.2, 0.25) is 0 Å². The number of carbonyl (C=O) groups is 2. The number of rotatable bonds is 9. The summed E-state index contributed by atoms with van der Waals surface area (Å²) < 4.78 is 0. The second kappa shape index (κ2) is 7.97. The van der Waals surface area contributed by atoms with Crippen molar-refractivity contribution in [3.63, 3.8) is 0 Å². The highest BCUT2D eigenvalue weighted by Gasteiger charge is 2.20. The number of carbonyl (C=O) groups excluding carboxylic acids is 1. The van der Waals surface area contributed by atoms with Crippen molar-refractivity contribution in [3.8, 4) is 0 Å². The quantitative estimate of drug-likeness (QED) is 0.558. The van der Waals surface area contributed by atoms with Crippen LogP contribution in [-0.2, 0) is 11.2 Å². The van der Waals surface area contributed by atoms with Gasteiger partial charge in [-0.25, -0.2) is 0 Å². The van der Waals surface area contributed by atoms with E-state index in [2.05, 4.69) is 11.8 Å². The van der Waals surface area contributed by atoms with Gasteiger partial charge in [-0.15, -0.1) is 0 Å². The Hall–Kier alpha value is -1.84. The van der Waals surface area contributed by atoms with Crippen LogP contribution in [-0.4, -0.2) is 29.9 Å². The molecule has 0 saturated carbocycles. The van der Waals surface area contributed by atoms with Crippen LogP contribution in [0.4, 0.5) is 5.69 Å². The topological polar surface area (TPSA) is 57.6 Å². The van der Waals surface area contributed by atoms with E-state index >= 15 is 0 Å². The summed E-state index contributed by atoms with van der Waals surface area (Å²) in [5.41, 5.74) is 3.11. The largest absolute Gasteiger partial charge is 0.481 e. The number of unbranched alkanes of at least 4 members (excludes halogenated alkanes) is 3. The van der Waals surface area contributed by atoms with E-state index < -0.39 is 5.97 Å². The van der Waals surface area contributed by atoms with Gasteiger partial charge < -0.3 is 10.0 Å². The van der Waals surface area contributed by atoms with Crippen molar-refractivity contribution in [1.82, 2.24) is 0 Å². The number of ketones is 1. The van der Waals surface area contributed by atoms with E-state index in [1.54, 1.807) is 0 Å². The lowest BCUT2D eigenvalue weighted by atomic mass is 10.0. The minimum Gasteiger partial charge on any atom is -0.481 e. The fourth-order valence-electron chi connectivity index (χ4n) is 2.97. The van der Waals surface area contributed by atoms with Crippen molar-refractivity contribution in [2.45, 2.75) is 51.9 Å². The molecule has 1 N–H and O–H groups in total. The van der Waals surface area contributed by atoms with Crippen LogP contribution in [0.2, 0.25) is 0 Å². The molecule has 1 aromatic carbocycles. The first-order valence-corrected chi connectivity index (χ1v) is 8.24. The maximum Gasteiger partial charge on any atom is 0.303 e. The van der Waals surface area contributed by atoms with Gasteiger partial charge in [0.1, 0.15) is 0 Å². The van der Waals surface area contributed by atoms with Crippen LogP contribution in [0, 0.1) is 0 Å². The molecule has 0 unspecified atom stereocenters. The van der Waals surface area contributed by atoms with Crippen molar-refractivity contribution < 1.29 is 14.7 Å². The van der Waals surface area contributed by atoms with E-state index in [1.165, 1.54) is 36.9 Å². The third-order valence-corrected chi connectivity index (χ3v) is 4.24. The summed E-state index contributed by atoms with van der Waals surface area (Å²) in [4.78, 5) is 25.0. The zero-order valence-corrected chi connectivity index (χ0v) is 13.3. The highest BCUT2D eigenvalue weighted by Crippen LogP contribution is 2.29. The van der Waals surface area contributed by atoms with Crippen molar-refractivity contribution in [1.29, 1.82) is 0 Å². The summed E-state index contributed by atoms with van der Waals surface area (Å²) in [6, 6.07) is 5.81. The molecule has 22 heavy (non-hydrogen) atoms. The normalized spacial score (nSPS) is 13.2. The van der Waals surface area contributed by atoms with E-state index in [0.29, 0.717) is 5.56 Å². The van der Waals surface area contributed by atoms with Crippen LogP contribution >= 0.6 is 0 Å². The standard InChI is InChI=1S/C18H25NO3/c1-2-3-4-5-11-19-12-10-14-13-15(6-7-16(14)19)17(20)8-9-18(21)22/h6-7,13H,2-5,8-12H2,1H3,(H,21,22). The summed E-state index contributed by atoms with van der Waals surface area (Å²) in [6.45, 7) is 4.32. The number of hydrogen-bond donors (Lipinski definition) is 1. The summed E-state index contributed by atoms with van der Waals surface area (Å²) >= 11 is 0. The summed E-state index contributed by atoms with van der Waals surface area (Å²) in [5.74, 6) is -1.00. The predicted molar refractivity (Wildman–Crippen MR) is 87.7 cm³/mol. The van der Waals surface area contributed by atoms with Gasteiger partial charge in [-0.05, 0) is 36.6 Å². The molecular formula is C18H25NO3. The average Bonchev–Trinajstić information content (AvgIpc) is 2.91. The first kappa shape index (κ1) is 16.5. The number of carboxylic acids is 1. The number of nitrogens with zero attached hydrogens (tertiary/aromatic N) is 1. The predicted octanol–water partition coefficient (Wildman–Crippen LogP) is 3.68. The Kier molecular flexibility index (Phi) is 5.99. The van der Waals surface area contributed by atoms with Gasteiger partial charge >= 0.3 is 5.97 Å². The van der Waals surface area contributed by atoms with Gasteiger partial charge in [0, 0.05) is 30.8 Å². The Balaban J connectivity index is 1.95. The first-order valence-electron chi connectivity index (χ1n) is 8.24. The Morgan fingerprint density at radius 2 is 2.00 bits per heavy atom. The second-order valence-electron chi connectivity index (χ2n) is 5.96. The molecule has 1 aliphatic rings. The van der Waals surface area contributed by atoms with Gasteiger partial charge in [-0.3, -0.25) is 9.59 Å². The van der Waals surface area contributed by atoms with Gasteiger partial charge in [0.05, 0.1) is 6.42 Å². The molecule has 4 nitrogen and oxygen atoms in total. The van der Waals surface area contributed by atoms with Crippen molar-refractivity contribution in [2.75, 3.05) is 18.0 Å². The lowest BCUT2D eigenvalue weighted by molar-refractivity contribution is -0.136. The van der Waals surface area contributed by atoms with E-state index in [-0.39, 0.29) is 18.6 Å². The van der Waals surface area contributed by atoms with Gasteiger partial charge in [-0.2, -0.15) is 0 Å². The molecule has 1 heterocycles. The van der Waals surface area contributed by atoms with Crippen LogP contribution in [0.15, 0.2) is 18.2 Å². The Bertz CT molecular complexity index is 539. The van der Waals surface area contributed by atoms with Gasteiger partial charge in [-0.1, -0.05) is 26.2 Å². The molecule has 0 radical (unpaired) electrons. The molecule has 0 aromatic heterocycles. The lowest BCUT2D eigenvalue weighted by Gasteiger charge is -2.19. The highest BCUT2D eigenvalue weighted by molar-refractivity contribution is 5.98. The number of aliphatic carboxylic acids is 1. The molecule has 120 valence electrons. The van der Waals surface area contributed by atoms with Crippen LogP contribution in [0.3, 0.4) is 0 Å². The first-order chi connectivity index (χ1) is 10.6. The molecule has 0 spiro atoms. The van der Waals surface area contributed by atoms with E-state index in [4.69, 9.17) is 5.11 Å².